The van der Waals surface area contributed by atoms with Gasteiger partial charge < -0.3 is 24.8 Å². The predicted molar refractivity (Wildman–Crippen MR) is 148 cm³/mol. The van der Waals surface area contributed by atoms with E-state index in [-0.39, 0.29) is 23.8 Å². The van der Waals surface area contributed by atoms with Gasteiger partial charge in [0, 0.05) is 61.1 Å². The van der Waals surface area contributed by atoms with Crippen molar-refractivity contribution >= 4 is 22.9 Å². The molecule has 2 fully saturated rings. The van der Waals surface area contributed by atoms with Crippen molar-refractivity contribution in [1.29, 1.82) is 0 Å². The van der Waals surface area contributed by atoms with E-state index in [2.05, 4.69) is 25.2 Å². The van der Waals surface area contributed by atoms with Gasteiger partial charge in [0.1, 0.15) is 11.2 Å². The molecular formula is C29H37F3N6O2. The number of likely N-dealkylation sites (tertiary alicyclic amines) is 2. The number of nitrogens with one attached hydrogen (secondary N) is 2. The third kappa shape index (κ3) is 6.68. The Morgan fingerprint density at radius 1 is 1.12 bits per heavy atom. The second-order valence-electron chi connectivity index (χ2n) is 11.8. The molecule has 1 unspecified atom stereocenters. The molecule has 2 N–H and O–H groups in total. The maximum Gasteiger partial charge on any atom is 0.419 e. The summed E-state index contributed by atoms with van der Waals surface area (Å²) >= 11 is 0. The van der Waals surface area contributed by atoms with Gasteiger partial charge in [-0.05, 0) is 65.0 Å². The van der Waals surface area contributed by atoms with Gasteiger partial charge in [-0.15, -0.1) is 0 Å². The van der Waals surface area contributed by atoms with Gasteiger partial charge in [-0.3, -0.25) is 0 Å². The fraction of sp³-hybridized carbons (Fsp3) is 0.552. The predicted octanol–water partition coefficient (Wildman–Crippen LogP) is 6.17. The first-order valence-electron chi connectivity index (χ1n) is 13.9. The molecule has 2 aliphatic heterocycles. The SMILES string of the molecule is CC(C)(C)OC(=O)N1CCC(CCN2CCC(Nc3ncc(C(F)(F)F)c(-c4c[nH]c5ccccc45)n3)C2)CC1. The molecule has 3 aromatic rings. The summed E-state index contributed by atoms with van der Waals surface area (Å²) in [6.07, 6.45) is 1.48. The zero-order valence-electron chi connectivity index (χ0n) is 23.2. The van der Waals surface area contributed by atoms with Crippen LogP contribution in [0.3, 0.4) is 0 Å². The number of hydrogen-bond donors (Lipinski definition) is 2. The number of hydrogen-bond acceptors (Lipinski definition) is 6. The van der Waals surface area contributed by atoms with Crippen molar-refractivity contribution in [3.63, 3.8) is 0 Å². The first-order chi connectivity index (χ1) is 19.0. The number of H-pyrrole nitrogens is 1. The smallest absolute Gasteiger partial charge is 0.419 e. The number of amides is 1. The van der Waals surface area contributed by atoms with Crippen molar-refractivity contribution in [2.45, 2.75) is 64.3 Å². The molecule has 40 heavy (non-hydrogen) atoms. The van der Waals surface area contributed by atoms with E-state index in [1.807, 2.05) is 32.9 Å². The summed E-state index contributed by atoms with van der Waals surface area (Å²) in [5, 5.41) is 3.96. The summed E-state index contributed by atoms with van der Waals surface area (Å²) in [5.41, 5.74) is -0.319. The van der Waals surface area contributed by atoms with Crippen LogP contribution < -0.4 is 5.32 Å². The Balaban J connectivity index is 1.16. The Morgan fingerprint density at radius 3 is 2.60 bits per heavy atom. The quantitative estimate of drug-likeness (QED) is 0.377. The van der Waals surface area contributed by atoms with E-state index in [1.54, 1.807) is 23.2 Å². The Morgan fingerprint density at radius 2 is 1.88 bits per heavy atom. The van der Waals surface area contributed by atoms with Gasteiger partial charge >= 0.3 is 12.3 Å². The first kappa shape index (κ1) is 28.2. The average Bonchev–Trinajstić information content (AvgIpc) is 3.53. The van der Waals surface area contributed by atoms with Crippen LogP contribution in [-0.2, 0) is 10.9 Å². The van der Waals surface area contributed by atoms with Crippen molar-refractivity contribution in [1.82, 2.24) is 24.8 Å². The van der Waals surface area contributed by atoms with E-state index in [0.717, 1.165) is 57.0 Å². The number of fused-ring (bicyclic) bond motifs is 1. The molecule has 1 amide bonds. The minimum atomic E-state index is -4.57. The van der Waals surface area contributed by atoms with E-state index in [9.17, 15) is 18.0 Å². The molecule has 1 atom stereocenters. The van der Waals surface area contributed by atoms with Crippen molar-refractivity contribution in [2.75, 3.05) is 38.0 Å². The van der Waals surface area contributed by atoms with E-state index in [0.29, 0.717) is 30.0 Å². The molecule has 216 valence electrons. The third-order valence-electron chi connectivity index (χ3n) is 7.66. The minimum absolute atomic E-state index is 0.0570. The van der Waals surface area contributed by atoms with Crippen LogP contribution in [0.15, 0.2) is 36.7 Å². The summed E-state index contributed by atoms with van der Waals surface area (Å²) in [5.74, 6) is 0.761. The standard InChI is InChI=1S/C29H37F3N6O2/c1-28(2,3)40-27(39)38-14-9-19(10-15-38)8-12-37-13-11-20(18-37)35-26-34-17-23(29(30,31)32)25(36-26)22-16-33-24-7-5-4-6-21(22)24/h4-7,16-17,19-20,33H,8-15,18H2,1-3H3,(H,34,35,36). The number of carbonyl (C=O) groups is 1. The number of para-hydroxylation sites is 1. The first-order valence-corrected chi connectivity index (χ1v) is 13.9. The van der Waals surface area contributed by atoms with Gasteiger partial charge in [0.25, 0.3) is 0 Å². The van der Waals surface area contributed by atoms with Crippen LogP contribution in [0, 0.1) is 5.92 Å². The normalized spacial score (nSPS) is 19.4. The number of benzene rings is 1. The van der Waals surface area contributed by atoms with E-state index < -0.39 is 17.3 Å². The van der Waals surface area contributed by atoms with Crippen LogP contribution in [0.2, 0.25) is 0 Å². The fourth-order valence-corrected chi connectivity index (χ4v) is 5.56. The second-order valence-corrected chi connectivity index (χ2v) is 11.8. The summed E-state index contributed by atoms with van der Waals surface area (Å²) in [6.45, 7) is 9.70. The average molecular weight is 559 g/mol. The number of halogens is 3. The van der Waals surface area contributed by atoms with E-state index in [1.165, 1.54) is 0 Å². The molecule has 8 nitrogen and oxygen atoms in total. The van der Waals surface area contributed by atoms with Gasteiger partial charge in [0.15, 0.2) is 0 Å². The molecule has 2 aromatic heterocycles. The molecule has 4 heterocycles. The summed E-state index contributed by atoms with van der Waals surface area (Å²) in [6, 6.07) is 7.29. The van der Waals surface area contributed by atoms with Crippen LogP contribution in [0.5, 0.6) is 0 Å². The molecule has 0 bridgehead atoms. The van der Waals surface area contributed by atoms with Gasteiger partial charge in [-0.1, -0.05) is 18.2 Å². The number of rotatable bonds is 6. The molecule has 11 heteroatoms. The lowest BCUT2D eigenvalue weighted by Crippen LogP contribution is -2.42. The van der Waals surface area contributed by atoms with Crippen molar-refractivity contribution in [3.8, 4) is 11.3 Å². The number of alkyl halides is 3. The van der Waals surface area contributed by atoms with Crippen molar-refractivity contribution < 1.29 is 22.7 Å². The molecule has 2 aliphatic rings. The maximum absolute atomic E-state index is 13.8. The van der Waals surface area contributed by atoms with Gasteiger partial charge in [0.2, 0.25) is 5.95 Å². The zero-order chi connectivity index (χ0) is 28.5. The van der Waals surface area contributed by atoms with Crippen LogP contribution in [0.25, 0.3) is 22.2 Å². The molecule has 2 saturated heterocycles. The number of piperidine rings is 1. The summed E-state index contributed by atoms with van der Waals surface area (Å²) in [4.78, 5) is 27.9. The minimum Gasteiger partial charge on any atom is -0.444 e. The van der Waals surface area contributed by atoms with Crippen molar-refractivity contribution in [2.24, 2.45) is 5.92 Å². The lowest BCUT2D eigenvalue weighted by Gasteiger charge is -2.34. The number of anilines is 1. The van der Waals surface area contributed by atoms with Crippen LogP contribution in [-0.4, -0.2) is 75.2 Å². The van der Waals surface area contributed by atoms with Gasteiger partial charge in [-0.2, -0.15) is 13.2 Å². The van der Waals surface area contributed by atoms with E-state index >= 15 is 0 Å². The third-order valence-corrected chi connectivity index (χ3v) is 7.66. The molecule has 0 saturated carbocycles. The highest BCUT2D eigenvalue weighted by Gasteiger charge is 2.36. The lowest BCUT2D eigenvalue weighted by atomic mass is 9.93. The number of aromatic nitrogens is 3. The van der Waals surface area contributed by atoms with Gasteiger partial charge in [-0.25, -0.2) is 14.8 Å². The van der Waals surface area contributed by atoms with Crippen LogP contribution in [0.4, 0.5) is 23.9 Å². The lowest BCUT2D eigenvalue weighted by molar-refractivity contribution is -0.137. The highest BCUT2D eigenvalue weighted by Crippen LogP contribution is 2.38. The van der Waals surface area contributed by atoms with E-state index in [4.69, 9.17) is 4.74 Å². The second kappa shape index (κ2) is 11.3. The number of aromatic amines is 1. The monoisotopic (exact) mass is 558 g/mol. The van der Waals surface area contributed by atoms with Gasteiger partial charge in [0.05, 0.1) is 5.69 Å². The zero-order valence-corrected chi connectivity index (χ0v) is 23.2. The molecule has 0 spiro atoms. The fourth-order valence-electron chi connectivity index (χ4n) is 5.56. The number of nitrogens with zero attached hydrogens (tertiary/aromatic N) is 4. The largest absolute Gasteiger partial charge is 0.444 e. The highest BCUT2D eigenvalue weighted by molar-refractivity contribution is 5.95. The van der Waals surface area contributed by atoms with Crippen LogP contribution >= 0.6 is 0 Å². The summed E-state index contributed by atoms with van der Waals surface area (Å²) < 4.78 is 47.0. The van der Waals surface area contributed by atoms with Crippen molar-refractivity contribution in [3.05, 3.63) is 42.2 Å². The molecule has 0 radical (unpaired) electrons. The summed E-state index contributed by atoms with van der Waals surface area (Å²) in [7, 11) is 0. The molecular weight excluding hydrogens is 521 g/mol. The maximum atomic E-state index is 13.8. The van der Waals surface area contributed by atoms with Crippen LogP contribution in [0.1, 0.15) is 52.0 Å². The molecule has 0 aliphatic carbocycles. The highest BCUT2D eigenvalue weighted by atomic mass is 19.4. The Labute approximate surface area is 232 Å². The molecule has 1 aromatic carbocycles. The number of carbonyl (C=O) groups excluding carboxylic acids is 1. The Bertz CT molecular complexity index is 1330. The Kier molecular flexibility index (Phi) is 7.94. The number of ether oxygens (including phenoxy) is 1. The topological polar surface area (TPSA) is 86.4 Å². The Hall–Kier alpha value is -3.34. The molecule has 5 rings (SSSR count).